The topological polar surface area (TPSA) is 58.2 Å². The molecule has 0 saturated heterocycles. The summed E-state index contributed by atoms with van der Waals surface area (Å²) in [6.45, 7) is 5.81. The normalized spacial score (nSPS) is 16.0. The molecule has 0 fully saturated rings. The van der Waals surface area contributed by atoms with Crippen LogP contribution < -0.4 is 10.6 Å². The van der Waals surface area contributed by atoms with E-state index in [-0.39, 0.29) is 17.9 Å². The van der Waals surface area contributed by atoms with Crippen LogP contribution in [0.15, 0.2) is 29.8 Å². The highest BCUT2D eigenvalue weighted by molar-refractivity contribution is 5.94. The summed E-state index contributed by atoms with van der Waals surface area (Å²) >= 11 is 0. The van der Waals surface area contributed by atoms with Gasteiger partial charge in [0.05, 0.1) is 6.04 Å². The number of hydrogen-bond acceptors (Lipinski definition) is 2. The number of benzene rings is 1. The van der Waals surface area contributed by atoms with Crippen LogP contribution in [0, 0.1) is 0 Å². The molecule has 2 rings (SSSR count). The van der Waals surface area contributed by atoms with Gasteiger partial charge in [-0.15, -0.1) is 0 Å². The van der Waals surface area contributed by atoms with Gasteiger partial charge in [-0.05, 0) is 43.9 Å². The number of nitrogens with one attached hydrogen (secondary N) is 2. The summed E-state index contributed by atoms with van der Waals surface area (Å²) < 4.78 is 0. The third-order valence-electron chi connectivity index (χ3n) is 3.74. The summed E-state index contributed by atoms with van der Waals surface area (Å²) in [5.74, 6) is 0.0345. The Morgan fingerprint density at radius 2 is 2.19 bits per heavy atom. The molecule has 1 aromatic carbocycles. The number of anilines is 1. The lowest BCUT2D eigenvalue weighted by Gasteiger charge is -2.20. The lowest BCUT2D eigenvalue weighted by atomic mass is 9.97. The number of amides is 2. The Labute approximate surface area is 125 Å². The Morgan fingerprint density at radius 1 is 1.43 bits per heavy atom. The fourth-order valence-corrected chi connectivity index (χ4v) is 2.47. The van der Waals surface area contributed by atoms with Crippen molar-refractivity contribution >= 4 is 17.5 Å². The molecular formula is C17H22N2O2. The molecule has 2 N–H and O–H groups in total. The van der Waals surface area contributed by atoms with E-state index >= 15 is 0 Å². The summed E-state index contributed by atoms with van der Waals surface area (Å²) in [5, 5.41) is 5.87. The van der Waals surface area contributed by atoms with Gasteiger partial charge in [0.1, 0.15) is 0 Å². The molecule has 0 aliphatic carbocycles. The Hall–Kier alpha value is -2.10. The average Bonchev–Trinajstić information content (AvgIpc) is 2.46. The van der Waals surface area contributed by atoms with Crippen molar-refractivity contribution < 1.29 is 9.59 Å². The van der Waals surface area contributed by atoms with Crippen LogP contribution in [-0.2, 0) is 16.0 Å². The molecule has 1 heterocycles. The molecule has 1 atom stereocenters. The third kappa shape index (κ3) is 3.72. The zero-order valence-corrected chi connectivity index (χ0v) is 12.8. The molecular weight excluding hydrogens is 264 g/mol. The molecule has 1 aromatic rings. The summed E-state index contributed by atoms with van der Waals surface area (Å²) in [4.78, 5) is 23.4. The molecule has 0 bridgehead atoms. The lowest BCUT2D eigenvalue weighted by molar-refractivity contribution is -0.118. The van der Waals surface area contributed by atoms with E-state index in [1.807, 2.05) is 39.0 Å². The molecule has 112 valence electrons. The molecule has 2 amide bonds. The maximum atomic E-state index is 12.0. The monoisotopic (exact) mass is 286 g/mol. The van der Waals surface area contributed by atoms with E-state index < -0.39 is 0 Å². The summed E-state index contributed by atoms with van der Waals surface area (Å²) in [6, 6.07) is 5.88. The molecule has 0 radical (unpaired) electrons. The number of carbonyl (C=O) groups is 2. The number of hydrogen-bond donors (Lipinski definition) is 2. The van der Waals surface area contributed by atoms with Crippen molar-refractivity contribution in [3.63, 3.8) is 0 Å². The molecule has 4 nitrogen and oxygen atoms in total. The van der Waals surface area contributed by atoms with Gasteiger partial charge in [-0.2, -0.15) is 0 Å². The first-order chi connectivity index (χ1) is 10.0. The van der Waals surface area contributed by atoms with Crippen LogP contribution in [0.25, 0.3) is 0 Å². The Morgan fingerprint density at radius 3 is 2.90 bits per heavy atom. The van der Waals surface area contributed by atoms with Gasteiger partial charge >= 0.3 is 0 Å². The SMILES string of the molecule is CC/C=C(\C)C(=O)NC(C)c1ccc2c(c1)CCC(=O)N2. The highest BCUT2D eigenvalue weighted by Crippen LogP contribution is 2.26. The van der Waals surface area contributed by atoms with Crippen LogP contribution in [-0.4, -0.2) is 11.8 Å². The quantitative estimate of drug-likeness (QED) is 0.836. The van der Waals surface area contributed by atoms with Crippen LogP contribution in [0.5, 0.6) is 0 Å². The zero-order chi connectivity index (χ0) is 15.4. The van der Waals surface area contributed by atoms with E-state index in [1.165, 1.54) is 0 Å². The first-order valence-electron chi connectivity index (χ1n) is 7.41. The maximum Gasteiger partial charge on any atom is 0.247 e. The van der Waals surface area contributed by atoms with Crippen molar-refractivity contribution in [1.82, 2.24) is 5.32 Å². The summed E-state index contributed by atoms with van der Waals surface area (Å²) in [6.07, 6.45) is 4.05. The molecule has 0 saturated carbocycles. The van der Waals surface area contributed by atoms with Gasteiger partial charge in [-0.25, -0.2) is 0 Å². The van der Waals surface area contributed by atoms with Crippen LogP contribution in [0.2, 0.25) is 0 Å². The van der Waals surface area contributed by atoms with Crippen LogP contribution >= 0.6 is 0 Å². The lowest BCUT2D eigenvalue weighted by Crippen LogP contribution is -2.27. The number of fused-ring (bicyclic) bond motifs is 1. The van der Waals surface area contributed by atoms with E-state index in [2.05, 4.69) is 16.7 Å². The first kappa shape index (κ1) is 15.3. The van der Waals surface area contributed by atoms with Crippen molar-refractivity contribution in [2.24, 2.45) is 0 Å². The fourth-order valence-electron chi connectivity index (χ4n) is 2.47. The molecule has 21 heavy (non-hydrogen) atoms. The second kappa shape index (κ2) is 6.57. The third-order valence-corrected chi connectivity index (χ3v) is 3.74. The van der Waals surface area contributed by atoms with Crippen LogP contribution in [0.1, 0.15) is 50.8 Å². The van der Waals surface area contributed by atoms with Gasteiger partial charge in [-0.3, -0.25) is 9.59 Å². The van der Waals surface area contributed by atoms with Crippen molar-refractivity contribution in [3.8, 4) is 0 Å². The summed E-state index contributed by atoms with van der Waals surface area (Å²) in [7, 11) is 0. The minimum absolute atomic E-state index is 0.0321. The predicted octanol–water partition coefficient (Wildman–Crippen LogP) is 3.10. The van der Waals surface area contributed by atoms with Crippen molar-refractivity contribution in [1.29, 1.82) is 0 Å². The number of allylic oxidation sites excluding steroid dienone is 1. The summed E-state index contributed by atoms with van der Waals surface area (Å²) in [5.41, 5.74) is 3.82. The van der Waals surface area contributed by atoms with Gasteiger partial charge in [0.2, 0.25) is 11.8 Å². The molecule has 1 aliphatic heterocycles. The van der Waals surface area contributed by atoms with E-state index in [4.69, 9.17) is 0 Å². The molecule has 0 aromatic heterocycles. The highest BCUT2D eigenvalue weighted by atomic mass is 16.2. The van der Waals surface area contributed by atoms with E-state index in [9.17, 15) is 9.59 Å². The van der Waals surface area contributed by atoms with Gasteiger partial charge in [0.25, 0.3) is 0 Å². The zero-order valence-electron chi connectivity index (χ0n) is 12.8. The number of carbonyl (C=O) groups excluding carboxylic acids is 2. The van der Waals surface area contributed by atoms with Gasteiger partial charge < -0.3 is 10.6 Å². The molecule has 1 aliphatic rings. The standard InChI is InChI=1S/C17H22N2O2/c1-4-5-11(2)17(21)18-12(3)13-6-8-15-14(10-13)7-9-16(20)19-15/h5-6,8,10,12H,4,7,9H2,1-3H3,(H,18,21)(H,19,20)/b11-5+. The first-order valence-corrected chi connectivity index (χ1v) is 7.41. The second-order valence-corrected chi connectivity index (χ2v) is 5.46. The van der Waals surface area contributed by atoms with E-state index in [1.54, 1.807) is 0 Å². The fraction of sp³-hybridized carbons (Fsp3) is 0.412. The van der Waals surface area contributed by atoms with Crippen LogP contribution in [0.3, 0.4) is 0 Å². The van der Waals surface area contributed by atoms with E-state index in [0.29, 0.717) is 6.42 Å². The number of aryl methyl sites for hydroxylation is 1. The highest BCUT2D eigenvalue weighted by Gasteiger charge is 2.17. The van der Waals surface area contributed by atoms with Crippen molar-refractivity contribution in [3.05, 3.63) is 41.0 Å². The molecule has 1 unspecified atom stereocenters. The van der Waals surface area contributed by atoms with E-state index in [0.717, 1.165) is 35.2 Å². The average molecular weight is 286 g/mol. The van der Waals surface area contributed by atoms with Gasteiger partial charge in [-0.1, -0.05) is 25.1 Å². The molecule has 4 heteroatoms. The largest absolute Gasteiger partial charge is 0.346 e. The minimum atomic E-state index is -0.0550. The maximum absolute atomic E-state index is 12.0. The Kier molecular flexibility index (Phi) is 4.78. The van der Waals surface area contributed by atoms with Crippen molar-refractivity contribution in [2.75, 3.05) is 5.32 Å². The Balaban J connectivity index is 2.10. The van der Waals surface area contributed by atoms with Gasteiger partial charge in [0, 0.05) is 17.7 Å². The predicted molar refractivity (Wildman–Crippen MR) is 84.0 cm³/mol. The van der Waals surface area contributed by atoms with Crippen LogP contribution in [0.4, 0.5) is 5.69 Å². The molecule has 0 spiro atoms. The number of rotatable bonds is 4. The smallest absolute Gasteiger partial charge is 0.247 e. The van der Waals surface area contributed by atoms with Crippen molar-refractivity contribution in [2.45, 2.75) is 46.1 Å². The second-order valence-electron chi connectivity index (χ2n) is 5.46. The van der Waals surface area contributed by atoms with Gasteiger partial charge in [0.15, 0.2) is 0 Å². The minimum Gasteiger partial charge on any atom is -0.346 e. The Bertz CT molecular complexity index is 590.